The molecule has 4 rings (SSSR count). The number of anilines is 2. The molecule has 0 spiro atoms. The minimum absolute atomic E-state index is 0.199. The molecule has 2 heterocycles. The number of likely N-dealkylation sites (tertiary alicyclic amines) is 1. The van der Waals surface area contributed by atoms with E-state index in [0.717, 1.165) is 49.2 Å². The molecule has 30 heavy (non-hydrogen) atoms. The molecule has 1 fully saturated rings. The smallest absolute Gasteiger partial charge is 0.323 e. The molecule has 0 radical (unpaired) electrons. The summed E-state index contributed by atoms with van der Waals surface area (Å²) in [6.07, 6.45) is 7.73. The number of nitrogens with one attached hydrogen (secondary N) is 3. The van der Waals surface area contributed by atoms with Crippen LogP contribution in [0.25, 0.3) is 10.9 Å². The number of hydrogen-bond donors (Lipinski definition) is 3. The van der Waals surface area contributed by atoms with Crippen LogP contribution in [0.1, 0.15) is 49.7 Å². The number of carbonyl (C=O) groups excluding carboxylic acids is 1. The van der Waals surface area contributed by atoms with E-state index in [1.54, 1.807) is 0 Å². The van der Waals surface area contributed by atoms with Gasteiger partial charge in [0.05, 0.1) is 0 Å². The van der Waals surface area contributed by atoms with Gasteiger partial charge >= 0.3 is 6.03 Å². The number of urea groups is 1. The van der Waals surface area contributed by atoms with E-state index in [1.807, 2.05) is 24.3 Å². The fraction of sp³-hybridized carbons (Fsp3) is 0.400. The zero-order chi connectivity index (χ0) is 20.9. The number of aromatic amines is 1. The second kappa shape index (κ2) is 9.35. The number of hydrogen-bond acceptors (Lipinski definition) is 2. The monoisotopic (exact) mass is 404 g/mol. The maximum atomic E-state index is 12.7. The van der Waals surface area contributed by atoms with Gasteiger partial charge in [-0.05, 0) is 87.1 Å². The number of benzene rings is 2. The third-order valence-electron chi connectivity index (χ3n) is 6.20. The highest BCUT2D eigenvalue weighted by molar-refractivity contribution is 6.01. The second-order valence-electron chi connectivity index (χ2n) is 8.42. The maximum absolute atomic E-state index is 12.7. The molecule has 3 N–H and O–H groups in total. The van der Waals surface area contributed by atoms with Crippen molar-refractivity contribution in [1.82, 2.24) is 9.88 Å². The molecule has 0 saturated carbocycles. The van der Waals surface area contributed by atoms with Gasteiger partial charge in [0, 0.05) is 28.5 Å². The molecule has 0 atom stereocenters. The van der Waals surface area contributed by atoms with Crippen molar-refractivity contribution in [1.29, 1.82) is 0 Å². The van der Waals surface area contributed by atoms with Crippen LogP contribution in [-0.4, -0.2) is 36.1 Å². The molecule has 1 saturated heterocycles. The Morgan fingerprint density at radius 3 is 2.73 bits per heavy atom. The Balaban J connectivity index is 1.48. The van der Waals surface area contributed by atoms with Crippen LogP contribution in [0.2, 0.25) is 0 Å². The average molecular weight is 405 g/mol. The minimum atomic E-state index is -0.199. The van der Waals surface area contributed by atoms with E-state index in [4.69, 9.17) is 0 Å². The van der Waals surface area contributed by atoms with Crippen LogP contribution >= 0.6 is 0 Å². The van der Waals surface area contributed by atoms with Crippen molar-refractivity contribution in [2.75, 3.05) is 30.8 Å². The van der Waals surface area contributed by atoms with Crippen LogP contribution in [0.5, 0.6) is 0 Å². The summed E-state index contributed by atoms with van der Waals surface area (Å²) in [6.45, 7) is 4.45. The Labute approximate surface area is 178 Å². The number of unbranched alkanes of at least 4 members (excludes halogenated alkanes) is 1. The van der Waals surface area contributed by atoms with Crippen molar-refractivity contribution >= 4 is 28.3 Å². The summed E-state index contributed by atoms with van der Waals surface area (Å²) in [7, 11) is 2.19. The van der Waals surface area contributed by atoms with E-state index in [1.165, 1.54) is 29.4 Å². The van der Waals surface area contributed by atoms with Crippen molar-refractivity contribution < 1.29 is 4.79 Å². The van der Waals surface area contributed by atoms with Gasteiger partial charge in [0.25, 0.3) is 0 Å². The maximum Gasteiger partial charge on any atom is 0.323 e. The van der Waals surface area contributed by atoms with Crippen molar-refractivity contribution in [3.8, 4) is 0 Å². The lowest BCUT2D eigenvalue weighted by Gasteiger charge is -2.28. The van der Waals surface area contributed by atoms with Crippen LogP contribution < -0.4 is 10.6 Å². The number of carbonyl (C=O) groups is 1. The average Bonchev–Trinajstić information content (AvgIpc) is 3.17. The van der Waals surface area contributed by atoms with Crippen LogP contribution in [0.15, 0.2) is 48.7 Å². The van der Waals surface area contributed by atoms with E-state index >= 15 is 0 Å². The van der Waals surface area contributed by atoms with Gasteiger partial charge in [-0.1, -0.05) is 31.5 Å². The van der Waals surface area contributed by atoms with Crippen LogP contribution in [0.3, 0.4) is 0 Å². The normalized spacial score (nSPS) is 15.4. The van der Waals surface area contributed by atoms with Gasteiger partial charge in [-0.25, -0.2) is 4.79 Å². The predicted octanol–water partition coefficient (Wildman–Crippen LogP) is 5.96. The number of para-hydroxylation sites is 1. The van der Waals surface area contributed by atoms with Gasteiger partial charge in [0.15, 0.2) is 0 Å². The lowest BCUT2D eigenvalue weighted by Crippen LogP contribution is -2.29. The van der Waals surface area contributed by atoms with E-state index in [2.05, 4.69) is 58.9 Å². The van der Waals surface area contributed by atoms with Crippen molar-refractivity contribution in [2.45, 2.75) is 44.9 Å². The van der Waals surface area contributed by atoms with Gasteiger partial charge in [-0.3, -0.25) is 0 Å². The highest BCUT2D eigenvalue weighted by Crippen LogP contribution is 2.34. The molecule has 0 aliphatic carbocycles. The first-order chi connectivity index (χ1) is 14.6. The molecule has 0 unspecified atom stereocenters. The Bertz CT molecular complexity index is 1000. The fourth-order valence-electron chi connectivity index (χ4n) is 4.39. The third-order valence-corrected chi connectivity index (χ3v) is 6.20. The number of nitrogens with zero attached hydrogens (tertiary/aromatic N) is 1. The third kappa shape index (κ3) is 4.68. The van der Waals surface area contributed by atoms with Crippen molar-refractivity contribution in [3.63, 3.8) is 0 Å². The molecule has 5 heteroatoms. The molecule has 0 bridgehead atoms. The van der Waals surface area contributed by atoms with E-state index in [0.29, 0.717) is 5.92 Å². The lowest BCUT2D eigenvalue weighted by molar-refractivity contribution is 0.256. The predicted molar refractivity (Wildman–Crippen MR) is 125 cm³/mol. The molecule has 1 aromatic heterocycles. The highest BCUT2D eigenvalue weighted by Gasteiger charge is 2.21. The number of aryl methyl sites for hydroxylation is 1. The van der Waals surface area contributed by atoms with Crippen LogP contribution in [-0.2, 0) is 6.42 Å². The first-order valence-corrected chi connectivity index (χ1v) is 11.1. The van der Waals surface area contributed by atoms with Gasteiger partial charge < -0.3 is 20.5 Å². The van der Waals surface area contributed by atoms with E-state index in [-0.39, 0.29) is 6.03 Å². The quantitative estimate of drug-likeness (QED) is 0.474. The summed E-state index contributed by atoms with van der Waals surface area (Å²) in [6, 6.07) is 14.0. The first kappa shape index (κ1) is 20.5. The summed E-state index contributed by atoms with van der Waals surface area (Å²) in [5, 5.41) is 7.26. The standard InChI is InChI=1S/C25H32N4O/c1-3-4-7-19-8-5-6-9-23(19)28-25(30)27-20-10-11-24-21(16-20)22(17-26-24)18-12-14-29(2)15-13-18/h5-6,8-11,16-18,26H,3-4,7,12-15H2,1-2H3,(H2,27,28,30). The molecule has 2 amide bonds. The fourth-order valence-corrected chi connectivity index (χ4v) is 4.39. The zero-order valence-corrected chi connectivity index (χ0v) is 18.0. The Morgan fingerprint density at radius 1 is 1.13 bits per heavy atom. The van der Waals surface area contributed by atoms with E-state index in [9.17, 15) is 4.79 Å². The molecule has 1 aliphatic heterocycles. The Hall–Kier alpha value is -2.79. The first-order valence-electron chi connectivity index (χ1n) is 11.1. The molecular weight excluding hydrogens is 372 g/mol. The van der Waals surface area contributed by atoms with Gasteiger partial charge in [0.2, 0.25) is 0 Å². The Morgan fingerprint density at radius 2 is 1.93 bits per heavy atom. The summed E-state index contributed by atoms with van der Waals surface area (Å²) in [5.41, 5.74) is 5.38. The van der Waals surface area contributed by atoms with Gasteiger partial charge in [0.1, 0.15) is 0 Å². The highest BCUT2D eigenvalue weighted by atomic mass is 16.2. The summed E-state index contributed by atoms with van der Waals surface area (Å²) < 4.78 is 0. The SMILES string of the molecule is CCCCc1ccccc1NC(=O)Nc1ccc2[nH]cc(C3CCN(C)CC3)c2c1. The van der Waals surface area contributed by atoms with Crippen LogP contribution in [0.4, 0.5) is 16.2 Å². The summed E-state index contributed by atoms with van der Waals surface area (Å²) >= 11 is 0. The molecule has 158 valence electrons. The number of fused-ring (bicyclic) bond motifs is 1. The van der Waals surface area contributed by atoms with Crippen molar-refractivity contribution in [2.24, 2.45) is 0 Å². The number of H-pyrrole nitrogens is 1. The number of piperidine rings is 1. The molecule has 1 aliphatic rings. The summed E-state index contributed by atoms with van der Waals surface area (Å²) in [4.78, 5) is 18.5. The number of amides is 2. The van der Waals surface area contributed by atoms with Gasteiger partial charge in [-0.2, -0.15) is 0 Å². The van der Waals surface area contributed by atoms with Crippen LogP contribution in [0, 0.1) is 0 Å². The van der Waals surface area contributed by atoms with Crippen molar-refractivity contribution in [3.05, 3.63) is 59.8 Å². The number of rotatable bonds is 6. The van der Waals surface area contributed by atoms with Gasteiger partial charge in [-0.15, -0.1) is 0 Å². The molecule has 5 nitrogen and oxygen atoms in total. The summed E-state index contributed by atoms with van der Waals surface area (Å²) in [5.74, 6) is 0.574. The lowest BCUT2D eigenvalue weighted by atomic mass is 9.89. The molecule has 3 aromatic rings. The van der Waals surface area contributed by atoms with E-state index < -0.39 is 0 Å². The number of aromatic nitrogens is 1. The second-order valence-corrected chi connectivity index (χ2v) is 8.42. The zero-order valence-electron chi connectivity index (χ0n) is 18.0. The topological polar surface area (TPSA) is 60.2 Å². The largest absolute Gasteiger partial charge is 0.361 e. The molecular formula is C25H32N4O. The molecule has 2 aromatic carbocycles. The minimum Gasteiger partial charge on any atom is -0.361 e. The Kier molecular flexibility index (Phi) is 6.38.